The van der Waals surface area contributed by atoms with E-state index in [2.05, 4.69) is 10.4 Å². The molecule has 0 spiro atoms. The number of rotatable bonds is 7. The third kappa shape index (κ3) is 4.34. The van der Waals surface area contributed by atoms with Gasteiger partial charge in [0.05, 0.1) is 12.2 Å². The van der Waals surface area contributed by atoms with Crippen LogP contribution in [-0.4, -0.2) is 35.0 Å². The molecular weight excluding hydrogens is 375 g/mol. The largest absolute Gasteiger partial charge is 0.419 e. The van der Waals surface area contributed by atoms with Crippen LogP contribution in [0.5, 0.6) is 0 Å². The van der Waals surface area contributed by atoms with Crippen LogP contribution in [0.4, 0.5) is 19.0 Å². The second kappa shape index (κ2) is 8.05. The van der Waals surface area contributed by atoms with Gasteiger partial charge in [-0.05, 0) is 25.5 Å². The van der Waals surface area contributed by atoms with Crippen LogP contribution in [-0.2, 0) is 20.5 Å². The van der Waals surface area contributed by atoms with E-state index in [0.717, 1.165) is 18.6 Å². The number of anilines is 1. The Bertz CT molecular complexity index is 750. The fraction of sp³-hybridized carbons (Fsp3) is 0.438. The Morgan fingerprint density at radius 2 is 1.92 bits per heavy atom. The van der Waals surface area contributed by atoms with E-state index >= 15 is 0 Å². The number of amides is 2. The number of aromatic nitrogens is 1. The Hall–Kier alpha value is -2.13. The first-order valence-electron chi connectivity index (χ1n) is 7.83. The summed E-state index contributed by atoms with van der Waals surface area (Å²) in [6.45, 7) is 4.29. The van der Waals surface area contributed by atoms with Crippen LogP contribution in [0.2, 0.25) is 5.15 Å². The quantitative estimate of drug-likeness (QED) is 0.437. The number of alkyl halides is 3. The van der Waals surface area contributed by atoms with Crippen molar-refractivity contribution in [2.24, 2.45) is 0 Å². The maximum Gasteiger partial charge on any atom is 0.419 e. The molecule has 1 N–H and O–H groups in total. The summed E-state index contributed by atoms with van der Waals surface area (Å²) in [7, 11) is 0. The zero-order valence-electron chi connectivity index (χ0n) is 14.1. The molecule has 1 aliphatic rings. The minimum absolute atomic E-state index is 0.152. The number of carbonyl (C=O) groups excluding carboxylic acids is 2. The average molecular weight is 392 g/mol. The Balaban J connectivity index is 2.10. The molecule has 1 aromatic heterocycles. The molecule has 0 unspecified atom stereocenters. The summed E-state index contributed by atoms with van der Waals surface area (Å²) in [5.41, 5.74) is 1.85. The molecule has 1 aliphatic heterocycles. The highest BCUT2D eigenvalue weighted by atomic mass is 35.5. The predicted octanol–water partition coefficient (Wildman–Crippen LogP) is 3.58. The van der Waals surface area contributed by atoms with E-state index in [1.165, 1.54) is 6.92 Å². The lowest BCUT2D eigenvalue weighted by Gasteiger charge is -2.17. The molecule has 0 fully saturated rings. The topological polar surface area (TPSA) is 71.5 Å². The third-order valence-electron chi connectivity index (χ3n) is 3.66. The number of nitrogens with one attached hydrogen (secondary N) is 1. The fourth-order valence-corrected chi connectivity index (χ4v) is 2.58. The van der Waals surface area contributed by atoms with Crippen LogP contribution in [0, 0.1) is 0 Å². The SMILES string of the molecule is CCCOCCC1=C(C)C(=O)N(Nc2ccc(C(F)(F)F)c(Cl)n2)C1=O. The molecule has 0 aromatic carbocycles. The number of hydrogen-bond acceptors (Lipinski definition) is 5. The molecule has 1 aromatic rings. The van der Waals surface area contributed by atoms with Crippen LogP contribution >= 0.6 is 11.6 Å². The highest BCUT2D eigenvalue weighted by molar-refractivity contribution is 6.30. The molecule has 2 heterocycles. The minimum Gasteiger partial charge on any atom is -0.381 e. The minimum atomic E-state index is -4.65. The summed E-state index contributed by atoms with van der Waals surface area (Å²) in [6, 6.07) is 1.72. The van der Waals surface area contributed by atoms with Crippen LogP contribution < -0.4 is 5.43 Å². The highest BCUT2D eigenvalue weighted by Crippen LogP contribution is 2.34. The fourth-order valence-electron chi connectivity index (χ4n) is 2.32. The summed E-state index contributed by atoms with van der Waals surface area (Å²) in [5.74, 6) is -1.34. The van der Waals surface area contributed by atoms with E-state index < -0.39 is 28.7 Å². The summed E-state index contributed by atoms with van der Waals surface area (Å²) >= 11 is 5.54. The number of nitrogens with zero attached hydrogens (tertiary/aromatic N) is 2. The number of halogens is 4. The second-order valence-corrected chi connectivity index (χ2v) is 5.91. The van der Waals surface area contributed by atoms with Crippen LogP contribution in [0.1, 0.15) is 32.3 Å². The molecule has 26 heavy (non-hydrogen) atoms. The lowest BCUT2D eigenvalue weighted by Crippen LogP contribution is -2.37. The van der Waals surface area contributed by atoms with Crippen molar-refractivity contribution in [1.82, 2.24) is 9.99 Å². The van der Waals surface area contributed by atoms with Gasteiger partial charge in [0.25, 0.3) is 11.8 Å². The van der Waals surface area contributed by atoms with Crippen molar-refractivity contribution in [2.75, 3.05) is 18.6 Å². The van der Waals surface area contributed by atoms with Crippen LogP contribution in [0.25, 0.3) is 0 Å². The second-order valence-electron chi connectivity index (χ2n) is 5.56. The van der Waals surface area contributed by atoms with Crippen LogP contribution in [0.15, 0.2) is 23.3 Å². The first kappa shape index (κ1) is 20.2. The normalized spacial score (nSPS) is 15.2. The first-order valence-corrected chi connectivity index (χ1v) is 8.21. The molecular formula is C16H17ClF3N3O3. The molecule has 2 amide bonds. The Morgan fingerprint density at radius 3 is 2.50 bits per heavy atom. The number of hydrogen-bond donors (Lipinski definition) is 1. The summed E-state index contributed by atoms with van der Waals surface area (Å²) in [6.07, 6.45) is -3.56. The van der Waals surface area contributed by atoms with Crippen molar-refractivity contribution < 1.29 is 27.5 Å². The van der Waals surface area contributed by atoms with Gasteiger partial charge >= 0.3 is 6.18 Å². The molecule has 0 radical (unpaired) electrons. The van der Waals surface area contributed by atoms with Crippen molar-refractivity contribution in [2.45, 2.75) is 32.9 Å². The van der Waals surface area contributed by atoms with Gasteiger partial charge in [-0.15, -0.1) is 0 Å². The lowest BCUT2D eigenvalue weighted by molar-refractivity contribution is -0.138. The predicted molar refractivity (Wildman–Crippen MR) is 88.2 cm³/mol. The van der Waals surface area contributed by atoms with E-state index in [1.54, 1.807) is 0 Å². The van der Waals surface area contributed by atoms with Crippen molar-refractivity contribution in [3.63, 3.8) is 0 Å². The summed E-state index contributed by atoms with van der Waals surface area (Å²) in [4.78, 5) is 28.2. The monoisotopic (exact) mass is 391 g/mol. The van der Waals surface area contributed by atoms with E-state index in [9.17, 15) is 22.8 Å². The van der Waals surface area contributed by atoms with Gasteiger partial charge in [-0.3, -0.25) is 15.0 Å². The number of hydrazine groups is 1. The molecule has 142 valence electrons. The number of ether oxygens (including phenoxy) is 1. The lowest BCUT2D eigenvalue weighted by atomic mass is 10.1. The zero-order valence-corrected chi connectivity index (χ0v) is 14.9. The molecule has 6 nitrogen and oxygen atoms in total. The van der Waals surface area contributed by atoms with Crippen molar-refractivity contribution in [3.05, 3.63) is 34.0 Å². The smallest absolute Gasteiger partial charge is 0.381 e. The van der Waals surface area contributed by atoms with Gasteiger partial charge in [0.1, 0.15) is 11.0 Å². The molecule has 0 saturated carbocycles. The molecule has 0 saturated heterocycles. The van der Waals surface area contributed by atoms with Gasteiger partial charge in [0.15, 0.2) is 0 Å². The molecule has 10 heteroatoms. The number of imide groups is 1. The average Bonchev–Trinajstić information content (AvgIpc) is 2.75. The maximum absolute atomic E-state index is 12.7. The van der Waals surface area contributed by atoms with Gasteiger partial charge in [-0.1, -0.05) is 18.5 Å². The Labute approximate surface area is 152 Å². The van der Waals surface area contributed by atoms with Gasteiger partial charge < -0.3 is 4.74 Å². The van der Waals surface area contributed by atoms with E-state index in [4.69, 9.17) is 16.3 Å². The number of pyridine rings is 1. The van der Waals surface area contributed by atoms with Gasteiger partial charge in [-0.2, -0.15) is 18.2 Å². The third-order valence-corrected chi connectivity index (χ3v) is 3.95. The molecule has 2 rings (SSSR count). The molecule has 0 bridgehead atoms. The molecule has 0 aliphatic carbocycles. The molecule has 0 atom stereocenters. The van der Waals surface area contributed by atoms with E-state index in [1.807, 2.05) is 6.92 Å². The van der Waals surface area contributed by atoms with Gasteiger partial charge in [-0.25, -0.2) is 4.98 Å². The van der Waals surface area contributed by atoms with E-state index in [0.29, 0.717) is 11.6 Å². The number of carbonyl (C=O) groups is 2. The maximum atomic E-state index is 12.7. The van der Waals surface area contributed by atoms with E-state index in [-0.39, 0.29) is 30.0 Å². The van der Waals surface area contributed by atoms with Crippen molar-refractivity contribution in [1.29, 1.82) is 0 Å². The van der Waals surface area contributed by atoms with Gasteiger partial charge in [0.2, 0.25) is 0 Å². The zero-order chi connectivity index (χ0) is 19.5. The summed E-state index contributed by atoms with van der Waals surface area (Å²) < 4.78 is 43.4. The Kier molecular flexibility index (Phi) is 6.25. The highest BCUT2D eigenvalue weighted by Gasteiger charge is 2.37. The first-order chi connectivity index (χ1) is 12.2. The van der Waals surface area contributed by atoms with Gasteiger partial charge in [0, 0.05) is 24.2 Å². The van der Waals surface area contributed by atoms with Crippen molar-refractivity contribution in [3.8, 4) is 0 Å². The van der Waals surface area contributed by atoms with Crippen molar-refractivity contribution >= 4 is 29.2 Å². The Morgan fingerprint density at radius 1 is 1.23 bits per heavy atom. The standard InChI is InChI=1S/C16H17ClF3N3O3/c1-3-7-26-8-6-10-9(2)14(24)23(15(10)25)22-12-5-4-11(13(17)21-12)16(18,19)20/h4-5H,3,6-8H2,1-2H3,(H,21,22). The summed E-state index contributed by atoms with van der Waals surface area (Å²) in [5, 5.41) is -0.0735. The van der Waals surface area contributed by atoms with Crippen LogP contribution in [0.3, 0.4) is 0 Å².